The number of amides is 1. The van der Waals surface area contributed by atoms with Crippen molar-refractivity contribution in [2.24, 2.45) is 0 Å². The summed E-state index contributed by atoms with van der Waals surface area (Å²) >= 11 is 0. The zero-order chi connectivity index (χ0) is 15.5. The Hall–Kier alpha value is -2.21. The molecule has 0 N–H and O–H groups in total. The second-order valence-electron chi connectivity index (χ2n) is 5.37. The lowest BCUT2D eigenvalue weighted by Gasteiger charge is -2.32. The van der Waals surface area contributed by atoms with Gasteiger partial charge in [-0.3, -0.25) is 9.78 Å². The van der Waals surface area contributed by atoms with Crippen molar-refractivity contribution < 1.29 is 14.1 Å². The van der Waals surface area contributed by atoms with Crippen LogP contribution >= 0.6 is 0 Å². The molecule has 2 aromatic heterocycles. The molecule has 3 heterocycles. The molecule has 1 aliphatic rings. The first-order chi connectivity index (χ1) is 10.7. The molecule has 0 aromatic carbocycles. The minimum absolute atomic E-state index is 0.109. The maximum Gasteiger partial charge on any atom is 0.276 e. The van der Waals surface area contributed by atoms with E-state index < -0.39 is 0 Å². The van der Waals surface area contributed by atoms with Gasteiger partial charge < -0.3 is 14.2 Å². The van der Waals surface area contributed by atoms with Crippen molar-refractivity contribution in [2.75, 3.05) is 19.7 Å². The van der Waals surface area contributed by atoms with Gasteiger partial charge in [0.2, 0.25) is 0 Å². The fourth-order valence-electron chi connectivity index (χ4n) is 2.55. The number of aryl methyl sites for hydroxylation is 2. The van der Waals surface area contributed by atoms with Gasteiger partial charge in [-0.05, 0) is 24.6 Å². The first-order valence-electron chi connectivity index (χ1n) is 7.46. The van der Waals surface area contributed by atoms with Crippen LogP contribution in [0, 0.1) is 6.92 Å². The summed E-state index contributed by atoms with van der Waals surface area (Å²) in [7, 11) is 0. The summed E-state index contributed by atoms with van der Waals surface area (Å²) in [5, 5.41) is 3.86. The van der Waals surface area contributed by atoms with Crippen molar-refractivity contribution >= 4 is 5.91 Å². The molecule has 116 valence electrons. The topological polar surface area (TPSA) is 68.5 Å². The quantitative estimate of drug-likeness (QED) is 0.869. The lowest BCUT2D eigenvalue weighted by Crippen LogP contribution is -2.42. The molecule has 0 aliphatic carbocycles. The van der Waals surface area contributed by atoms with Crippen molar-refractivity contribution in [2.45, 2.75) is 26.4 Å². The monoisotopic (exact) mass is 301 g/mol. The fraction of sp³-hybridized carbons (Fsp3) is 0.438. The number of hydrogen-bond donors (Lipinski definition) is 0. The van der Waals surface area contributed by atoms with Crippen molar-refractivity contribution in [3.05, 3.63) is 47.1 Å². The van der Waals surface area contributed by atoms with Gasteiger partial charge in [-0.1, -0.05) is 12.1 Å². The number of aromatic nitrogens is 2. The molecule has 0 saturated carbocycles. The van der Waals surface area contributed by atoms with E-state index in [1.807, 2.05) is 26.0 Å². The van der Waals surface area contributed by atoms with Gasteiger partial charge in [0.1, 0.15) is 11.9 Å². The van der Waals surface area contributed by atoms with Crippen molar-refractivity contribution in [1.82, 2.24) is 15.0 Å². The minimum atomic E-state index is -0.128. The van der Waals surface area contributed by atoms with Gasteiger partial charge in [0.15, 0.2) is 5.69 Å². The zero-order valence-electron chi connectivity index (χ0n) is 12.8. The molecule has 22 heavy (non-hydrogen) atoms. The number of nitrogens with zero attached hydrogens (tertiary/aromatic N) is 3. The highest BCUT2D eigenvalue weighted by molar-refractivity contribution is 5.92. The van der Waals surface area contributed by atoms with E-state index >= 15 is 0 Å². The molecule has 0 bridgehead atoms. The van der Waals surface area contributed by atoms with E-state index in [0.717, 1.165) is 23.4 Å². The van der Waals surface area contributed by atoms with Crippen LogP contribution in [-0.4, -0.2) is 40.6 Å². The average Bonchev–Trinajstić information content (AvgIpc) is 3.03. The number of hydrogen-bond acceptors (Lipinski definition) is 5. The van der Waals surface area contributed by atoms with E-state index in [4.69, 9.17) is 9.26 Å². The number of rotatable bonds is 3. The number of pyridine rings is 1. The normalized spacial score (nSPS) is 18.5. The van der Waals surface area contributed by atoms with Crippen LogP contribution in [0.1, 0.15) is 40.5 Å². The Labute approximate surface area is 129 Å². The largest absolute Gasteiger partial charge is 0.370 e. The van der Waals surface area contributed by atoms with Crippen molar-refractivity contribution in [3.8, 4) is 0 Å². The minimum Gasteiger partial charge on any atom is -0.370 e. The second kappa shape index (κ2) is 6.27. The summed E-state index contributed by atoms with van der Waals surface area (Å²) in [5.41, 5.74) is 2.34. The Morgan fingerprint density at radius 2 is 2.32 bits per heavy atom. The summed E-state index contributed by atoms with van der Waals surface area (Å²) in [6.07, 6.45) is 2.36. The Kier molecular flexibility index (Phi) is 4.20. The summed E-state index contributed by atoms with van der Waals surface area (Å²) in [6.45, 7) is 5.49. The predicted octanol–water partition coefficient (Wildman–Crippen LogP) is 2.15. The SMILES string of the molecule is CCc1cc(C(=O)N2CCO[C@H](c3ccnc(C)c3)C2)no1. The van der Waals surface area contributed by atoms with Crippen LogP contribution in [0.2, 0.25) is 0 Å². The van der Waals surface area contributed by atoms with Gasteiger partial charge in [-0.25, -0.2) is 0 Å². The third-order valence-electron chi connectivity index (χ3n) is 3.77. The molecule has 0 unspecified atom stereocenters. The number of carbonyl (C=O) groups is 1. The van der Waals surface area contributed by atoms with E-state index in [1.165, 1.54) is 0 Å². The number of morpholine rings is 1. The Morgan fingerprint density at radius 1 is 1.45 bits per heavy atom. The summed E-state index contributed by atoms with van der Waals surface area (Å²) in [4.78, 5) is 18.5. The first kappa shape index (κ1) is 14.7. The molecule has 0 radical (unpaired) electrons. The highest BCUT2D eigenvalue weighted by Crippen LogP contribution is 2.23. The second-order valence-corrected chi connectivity index (χ2v) is 5.37. The number of ether oxygens (including phenoxy) is 1. The standard InChI is InChI=1S/C16H19N3O3/c1-3-13-9-14(18-22-13)16(20)19-6-7-21-15(10-19)12-4-5-17-11(2)8-12/h4-5,8-9,15H,3,6-7,10H2,1-2H3/t15-/m0/s1. The molecule has 1 saturated heterocycles. The third-order valence-corrected chi connectivity index (χ3v) is 3.77. The molecular formula is C16H19N3O3. The zero-order valence-corrected chi connectivity index (χ0v) is 12.8. The van der Waals surface area contributed by atoms with E-state index in [-0.39, 0.29) is 12.0 Å². The molecule has 6 heteroatoms. The molecule has 0 spiro atoms. The maximum absolute atomic E-state index is 12.5. The highest BCUT2D eigenvalue weighted by Gasteiger charge is 2.27. The van der Waals surface area contributed by atoms with Gasteiger partial charge in [0.05, 0.1) is 13.2 Å². The van der Waals surface area contributed by atoms with Gasteiger partial charge >= 0.3 is 0 Å². The fourth-order valence-corrected chi connectivity index (χ4v) is 2.55. The summed E-state index contributed by atoms with van der Waals surface area (Å²) in [5.74, 6) is 0.612. The lowest BCUT2D eigenvalue weighted by molar-refractivity contribution is -0.0231. The van der Waals surface area contributed by atoms with Crippen LogP contribution in [0.5, 0.6) is 0 Å². The van der Waals surface area contributed by atoms with E-state index in [2.05, 4.69) is 10.1 Å². The van der Waals surface area contributed by atoms with Crippen LogP contribution < -0.4 is 0 Å². The third kappa shape index (κ3) is 3.01. The van der Waals surface area contributed by atoms with Gasteiger partial charge in [-0.2, -0.15) is 0 Å². The molecule has 6 nitrogen and oxygen atoms in total. The Bertz CT molecular complexity index is 668. The van der Waals surface area contributed by atoms with Crippen molar-refractivity contribution in [3.63, 3.8) is 0 Å². The molecule has 1 fully saturated rings. The van der Waals surface area contributed by atoms with Crippen LogP contribution in [0.4, 0.5) is 0 Å². The molecule has 1 aliphatic heterocycles. The van der Waals surface area contributed by atoms with Crippen LogP contribution in [0.3, 0.4) is 0 Å². The summed E-state index contributed by atoms with van der Waals surface area (Å²) < 4.78 is 10.9. The summed E-state index contributed by atoms with van der Waals surface area (Å²) in [6, 6.07) is 5.63. The first-order valence-corrected chi connectivity index (χ1v) is 7.46. The molecule has 1 amide bonds. The van der Waals surface area contributed by atoms with Crippen LogP contribution in [-0.2, 0) is 11.2 Å². The number of carbonyl (C=O) groups excluding carboxylic acids is 1. The van der Waals surface area contributed by atoms with Gasteiger partial charge in [-0.15, -0.1) is 0 Å². The smallest absolute Gasteiger partial charge is 0.276 e. The van der Waals surface area contributed by atoms with Crippen LogP contribution in [0.15, 0.2) is 28.9 Å². The molecule has 1 atom stereocenters. The lowest BCUT2D eigenvalue weighted by atomic mass is 10.1. The van der Waals surface area contributed by atoms with E-state index in [1.54, 1.807) is 17.2 Å². The van der Waals surface area contributed by atoms with Gasteiger partial charge in [0.25, 0.3) is 5.91 Å². The van der Waals surface area contributed by atoms with E-state index in [0.29, 0.717) is 25.4 Å². The maximum atomic E-state index is 12.5. The Morgan fingerprint density at radius 3 is 3.05 bits per heavy atom. The Balaban J connectivity index is 1.73. The highest BCUT2D eigenvalue weighted by atomic mass is 16.5. The molecular weight excluding hydrogens is 282 g/mol. The van der Waals surface area contributed by atoms with Crippen molar-refractivity contribution in [1.29, 1.82) is 0 Å². The molecule has 2 aromatic rings. The molecule has 3 rings (SSSR count). The average molecular weight is 301 g/mol. The van der Waals surface area contributed by atoms with E-state index in [9.17, 15) is 4.79 Å². The predicted molar refractivity (Wildman–Crippen MR) is 79.5 cm³/mol. The van der Waals surface area contributed by atoms with Crippen LogP contribution in [0.25, 0.3) is 0 Å². The van der Waals surface area contributed by atoms with Gasteiger partial charge in [0, 0.05) is 30.9 Å².